The Balaban J connectivity index is 1.88. The standard InChI is InChI=1S/C20H23NO3/c1-20(16-9-11-17(23-2)12-10-16)13-18(24-3)21(19(20)22)14-15-7-5-4-6-8-15/h4-12,18H,13-14H2,1-3H3/t18?,20-/m0/s1. The van der Waals surface area contributed by atoms with Crippen LogP contribution in [0.3, 0.4) is 0 Å². The van der Waals surface area contributed by atoms with Gasteiger partial charge in [0.2, 0.25) is 5.91 Å². The van der Waals surface area contributed by atoms with Crippen LogP contribution in [0.25, 0.3) is 0 Å². The first-order chi connectivity index (χ1) is 11.6. The van der Waals surface area contributed by atoms with Gasteiger partial charge in [-0.3, -0.25) is 4.79 Å². The Hall–Kier alpha value is -2.33. The van der Waals surface area contributed by atoms with Crippen molar-refractivity contribution in [1.82, 2.24) is 4.90 Å². The molecule has 1 aliphatic rings. The average Bonchev–Trinajstić information content (AvgIpc) is 2.88. The van der Waals surface area contributed by atoms with E-state index in [0.717, 1.165) is 16.9 Å². The van der Waals surface area contributed by atoms with Crippen molar-refractivity contribution in [2.75, 3.05) is 14.2 Å². The summed E-state index contributed by atoms with van der Waals surface area (Å²) >= 11 is 0. The Kier molecular flexibility index (Phi) is 4.58. The van der Waals surface area contributed by atoms with Crippen LogP contribution in [0.1, 0.15) is 24.5 Å². The lowest BCUT2D eigenvalue weighted by atomic mass is 9.81. The van der Waals surface area contributed by atoms with Gasteiger partial charge in [-0.05, 0) is 30.2 Å². The lowest BCUT2D eigenvalue weighted by Crippen LogP contribution is -2.37. The number of carbonyl (C=O) groups excluding carboxylic acids is 1. The summed E-state index contributed by atoms with van der Waals surface area (Å²) in [7, 11) is 3.30. The van der Waals surface area contributed by atoms with Gasteiger partial charge in [0.1, 0.15) is 12.0 Å². The minimum atomic E-state index is -0.582. The van der Waals surface area contributed by atoms with E-state index in [9.17, 15) is 4.79 Å². The molecule has 126 valence electrons. The van der Waals surface area contributed by atoms with Gasteiger partial charge < -0.3 is 14.4 Å². The molecule has 0 aliphatic carbocycles. The average molecular weight is 325 g/mol. The minimum absolute atomic E-state index is 0.100. The summed E-state index contributed by atoms with van der Waals surface area (Å²) in [6.45, 7) is 2.55. The minimum Gasteiger partial charge on any atom is -0.497 e. The fourth-order valence-corrected chi connectivity index (χ4v) is 3.36. The highest BCUT2D eigenvalue weighted by molar-refractivity contribution is 5.90. The van der Waals surface area contributed by atoms with E-state index in [2.05, 4.69) is 0 Å². The SMILES string of the molecule is COc1ccc([C@]2(C)CC(OC)N(Cc3ccccc3)C2=O)cc1. The second-order valence-corrected chi connectivity index (χ2v) is 6.37. The topological polar surface area (TPSA) is 38.8 Å². The molecular formula is C20H23NO3. The molecule has 1 unspecified atom stereocenters. The second-order valence-electron chi connectivity index (χ2n) is 6.37. The molecule has 0 spiro atoms. The maximum absolute atomic E-state index is 13.2. The smallest absolute Gasteiger partial charge is 0.235 e. The molecule has 2 atom stereocenters. The quantitative estimate of drug-likeness (QED) is 0.846. The monoisotopic (exact) mass is 325 g/mol. The maximum atomic E-state index is 13.2. The van der Waals surface area contributed by atoms with E-state index in [1.54, 1.807) is 14.2 Å². The van der Waals surface area contributed by atoms with Gasteiger partial charge in [0, 0.05) is 20.1 Å². The summed E-state index contributed by atoms with van der Waals surface area (Å²) in [5.41, 5.74) is 1.51. The van der Waals surface area contributed by atoms with Crippen molar-refractivity contribution in [2.24, 2.45) is 0 Å². The van der Waals surface area contributed by atoms with E-state index in [0.29, 0.717) is 13.0 Å². The Bertz CT molecular complexity index is 699. The summed E-state index contributed by atoms with van der Waals surface area (Å²) in [4.78, 5) is 15.0. The van der Waals surface area contributed by atoms with Gasteiger partial charge in [-0.2, -0.15) is 0 Å². The van der Waals surface area contributed by atoms with E-state index >= 15 is 0 Å². The van der Waals surface area contributed by atoms with Crippen molar-refractivity contribution in [3.63, 3.8) is 0 Å². The highest BCUT2D eigenvalue weighted by Gasteiger charge is 2.49. The summed E-state index contributed by atoms with van der Waals surface area (Å²) in [5, 5.41) is 0. The van der Waals surface area contributed by atoms with Crippen LogP contribution in [-0.2, 0) is 21.5 Å². The van der Waals surface area contributed by atoms with Crippen LogP contribution in [0, 0.1) is 0 Å². The lowest BCUT2D eigenvalue weighted by molar-refractivity contribution is -0.138. The third-order valence-electron chi connectivity index (χ3n) is 4.86. The third-order valence-corrected chi connectivity index (χ3v) is 4.86. The predicted molar refractivity (Wildman–Crippen MR) is 92.8 cm³/mol. The summed E-state index contributed by atoms with van der Waals surface area (Å²) in [6.07, 6.45) is 0.423. The van der Waals surface area contributed by atoms with E-state index in [4.69, 9.17) is 9.47 Å². The van der Waals surface area contributed by atoms with Crippen molar-refractivity contribution in [3.05, 3.63) is 65.7 Å². The largest absolute Gasteiger partial charge is 0.497 e. The Morgan fingerprint density at radius 2 is 1.75 bits per heavy atom. The van der Waals surface area contributed by atoms with Gasteiger partial charge in [-0.1, -0.05) is 42.5 Å². The second kappa shape index (κ2) is 6.65. The summed E-state index contributed by atoms with van der Waals surface area (Å²) in [6, 6.07) is 17.7. The number of benzene rings is 2. The molecule has 1 fully saturated rings. The van der Waals surface area contributed by atoms with Crippen LogP contribution < -0.4 is 4.74 Å². The number of rotatable bonds is 5. The van der Waals surface area contributed by atoms with Gasteiger partial charge in [-0.15, -0.1) is 0 Å². The van der Waals surface area contributed by atoms with Crippen LogP contribution in [-0.4, -0.2) is 31.3 Å². The highest BCUT2D eigenvalue weighted by Crippen LogP contribution is 2.40. The number of likely N-dealkylation sites (tertiary alicyclic amines) is 1. The molecule has 0 bridgehead atoms. The third kappa shape index (κ3) is 2.89. The summed E-state index contributed by atoms with van der Waals surface area (Å²) < 4.78 is 10.8. The fourth-order valence-electron chi connectivity index (χ4n) is 3.36. The molecule has 4 nitrogen and oxygen atoms in total. The van der Waals surface area contributed by atoms with Gasteiger partial charge in [0.05, 0.1) is 12.5 Å². The van der Waals surface area contributed by atoms with Crippen molar-refractivity contribution in [3.8, 4) is 5.75 Å². The zero-order chi connectivity index (χ0) is 17.2. The number of hydrogen-bond acceptors (Lipinski definition) is 3. The number of hydrogen-bond donors (Lipinski definition) is 0. The van der Waals surface area contributed by atoms with Crippen molar-refractivity contribution in [1.29, 1.82) is 0 Å². The maximum Gasteiger partial charge on any atom is 0.235 e. The molecule has 2 aromatic carbocycles. The molecule has 24 heavy (non-hydrogen) atoms. The molecule has 1 saturated heterocycles. The van der Waals surface area contributed by atoms with Crippen molar-refractivity contribution >= 4 is 5.91 Å². The number of carbonyl (C=O) groups is 1. The zero-order valence-corrected chi connectivity index (χ0v) is 14.4. The normalized spacial score (nSPS) is 23.5. The molecule has 1 aliphatic heterocycles. The molecule has 1 heterocycles. The number of nitrogens with zero attached hydrogens (tertiary/aromatic N) is 1. The lowest BCUT2D eigenvalue weighted by Gasteiger charge is -2.25. The van der Waals surface area contributed by atoms with E-state index in [1.807, 2.05) is 66.4 Å². The van der Waals surface area contributed by atoms with E-state index in [-0.39, 0.29) is 12.1 Å². The molecule has 2 aromatic rings. The zero-order valence-electron chi connectivity index (χ0n) is 14.4. The molecule has 1 amide bonds. The molecule has 0 N–H and O–H groups in total. The fraction of sp³-hybridized carbons (Fsp3) is 0.350. The molecule has 4 heteroatoms. The van der Waals surface area contributed by atoms with Crippen molar-refractivity contribution < 1.29 is 14.3 Å². The van der Waals surface area contributed by atoms with E-state index in [1.165, 1.54) is 0 Å². The number of methoxy groups -OCH3 is 2. The number of amides is 1. The van der Waals surface area contributed by atoms with Gasteiger partial charge in [0.15, 0.2) is 0 Å². The van der Waals surface area contributed by atoms with Gasteiger partial charge >= 0.3 is 0 Å². The van der Waals surface area contributed by atoms with Crippen LogP contribution in [0.2, 0.25) is 0 Å². The Labute approximate surface area is 143 Å². The molecule has 3 rings (SSSR count). The Morgan fingerprint density at radius 3 is 2.33 bits per heavy atom. The van der Waals surface area contributed by atoms with E-state index < -0.39 is 5.41 Å². The van der Waals surface area contributed by atoms with Crippen LogP contribution in [0.15, 0.2) is 54.6 Å². The van der Waals surface area contributed by atoms with Crippen molar-refractivity contribution in [2.45, 2.75) is 31.5 Å². The first-order valence-electron chi connectivity index (χ1n) is 8.11. The predicted octanol–water partition coefficient (Wildman–Crippen LogP) is 3.36. The molecule has 0 saturated carbocycles. The summed E-state index contributed by atoms with van der Waals surface area (Å²) in [5.74, 6) is 0.889. The van der Waals surface area contributed by atoms with Crippen LogP contribution >= 0.6 is 0 Å². The van der Waals surface area contributed by atoms with Gasteiger partial charge in [-0.25, -0.2) is 0 Å². The highest BCUT2D eigenvalue weighted by atomic mass is 16.5. The number of ether oxygens (including phenoxy) is 2. The molecular weight excluding hydrogens is 302 g/mol. The van der Waals surface area contributed by atoms with Gasteiger partial charge in [0.25, 0.3) is 0 Å². The van der Waals surface area contributed by atoms with Crippen LogP contribution in [0.4, 0.5) is 0 Å². The van der Waals surface area contributed by atoms with Crippen LogP contribution in [0.5, 0.6) is 5.75 Å². The Morgan fingerprint density at radius 1 is 1.08 bits per heavy atom. The molecule has 0 radical (unpaired) electrons. The molecule has 0 aromatic heterocycles. The first kappa shape index (κ1) is 16.5. The first-order valence-corrected chi connectivity index (χ1v) is 8.11.